The first-order valence-corrected chi connectivity index (χ1v) is 8.91. The third-order valence-corrected chi connectivity index (χ3v) is 4.53. The third kappa shape index (κ3) is 3.80. The molecule has 136 valence electrons. The van der Waals surface area contributed by atoms with Crippen LogP contribution in [-0.2, 0) is 30.8 Å². The largest absolute Gasteiger partial charge is 0.426 e. The van der Waals surface area contributed by atoms with E-state index in [0.717, 1.165) is 5.56 Å². The molecule has 2 aliphatic heterocycles. The van der Waals surface area contributed by atoms with Gasteiger partial charge in [0.25, 0.3) is 5.91 Å². The molecule has 11 heteroatoms. The van der Waals surface area contributed by atoms with Gasteiger partial charge < -0.3 is 10.5 Å². The van der Waals surface area contributed by atoms with Crippen LogP contribution >= 0.6 is 0 Å². The highest BCUT2D eigenvalue weighted by molar-refractivity contribution is 7.80. The molecule has 1 amide bonds. The molecule has 2 aliphatic rings. The van der Waals surface area contributed by atoms with E-state index in [-0.39, 0.29) is 13.1 Å². The summed E-state index contributed by atoms with van der Waals surface area (Å²) >= 11 is 0. The molecule has 2 saturated heterocycles. The molecule has 2 unspecified atom stereocenters. The summed E-state index contributed by atoms with van der Waals surface area (Å²) in [6, 6.07) is 6.68. The number of carbonyl (C=O) groups excluding carboxylic acids is 2. The summed E-state index contributed by atoms with van der Waals surface area (Å²) in [4.78, 5) is 24.7. The van der Waals surface area contributed by atoms with Crippen molar-refractivity contribution in [1.82, 2.24) is 10.2 Å². The minimum Gasteiger partial charge on any atom is -0.426 e. The molecule has 3 atom stereocenters. The highest BCUT2D eigenvalue weighted by Crippen LogP contribution is 2.34. The molecule has 10 nitrogen and oxygen atoms in total. The minimum atomic E-state index is -4.84. The number of hydrogen-bond donors (Lipinski definition) is 2. The van der Waals surface area contributed by atoms with E-state index in [1.807, 2.05) is 0 Å². The average molecular weight is 371 g/mol. The van der Waals surface area contributed by atoms with E-state index in [1.165, 1.54) is 5.01 Å². The molecule has 1 aromatic rings. The zero-order chi connectivity index (χ0) is 18.2. The number of amides is 1. The highest BCUT2D eigenvalue weighted by atomic mass is 32.3. The lowest BCUT2D eigenvalue weighted by molar-refractivity contribution is -0.201. The van der Waals surface area contributed by atoms with Crippen molar-refractivity contribution in [2.24, 2.45) is 17.6 Å². The lowest BCUT2D eigenvalue weighted by atomic mass is 9.87. The molecular weight excluding hydrogens is 354 g/mol. The highest BCUT2D eigenvalue weighted by Gasteiger charge is 2.51. The van der Waals surface area contributed by atoms with Crippen molar-refractivity contribution in [3.63, 3.8) is 0 Å². The van der Waals surface area contributed by atoms with Gasteiger partial charge in [-0.2, -0.15) is 13.4 Å². The van der Waals surface area contributed by atoms with Crippen LogP contribution in [0.4, 0.5) is 0 Å². The Bertz CT molecular complexity index is 780. The van der Waals surface area contributed by atoms with Crippen LogP contribution in [0.5, 0.6) is 5.75 Å². The topological polar surface area (TPSA) is 139 Å². The molecule has 0 spiro atoms. The molecule has 2 heterocycles. The van der Waals surface area contributed by atoms with Crippen LogP contribution in [0.15, 0.2) is 24.3 Å². The van der Waals surface area contributed by atoms with Crippen molar-refractivity contribution in [1.29, 1.82) is 0 Å². The Labute approximate surface area is 144 Å². The van der Waals surface area contributed by atoms with Gasteiger partial charge >= 0.3 is 16.4 Å². The van der Waals surface area contributed by atoms with E-state index in [0.29, 0.717) is 23.9 Å². The van der Waals surface area contributed by atoms with Crippen LogP contribution in [0.25, 0.3) is 0 Å². The fourth-order valence-electron chi connectivity index (χ4n) is 2.97. The average Bonchev–Trinajstić information content (AvgIpc) is 2.79. The number of benzene rings is 1. The first-order chi connectivity index (χ1) is 11.8. The van der Waals surface area contributed by atoms with Gasteiger partial charge in [-0.25, -0.2) is 0 Å². The van der Waals surface area contributed by atoms with E-state index in [1.54, 1.807) is 24.3 Å². The number of hydrazine groups is 1. The smallest absolute Gasteiger partial charge is 0.419 e. The van der Waals surface area contributed by atoms with E-state index in [9.17, 15) is 18.0 Å². The molecule has 0 saturated carbocycles. The normalized spacial score (nSPS) is 25.9. The maximum atomic E-state index is 12.4. The van der Waals surface area contributed by atoms with Gasteiger partial charge in [-0.05, 0) is 24.1 Å². The number of piperidine rings is 1. The van der Waals surface area contributed by atoms with Crippen molar-refractivity contribution in [3.8, 4) is 5.75 Å². The van der Waals surface area contributed by atoms with Gasteiger partial charge in [0.15, 0.2) is 0 Å². The second-order valence-electron chi connectivity index (χ2n) is 5.80. The van der Waals surface area contributed by atoms with Crippen LogP contribution in [0.3, 0.4) is 0 Å². The molecule has 3 N–H and O–H groups in total. The number of hydroxylamine groups is 1. The number of nitrogens with two attached hydrogens (primary N) is 1. The molecule has 25 heavy (non-hydrogen) atoms. The van der Waals surface area contributed by atoms with Crippen LogP contribution < -0.4 is 10.5 Å². The van der Waals surface area contributed by atoms with Crippen LogP contribution in [-0.4, -0.2) is 48.1 Å². The van der Waals surface area contributed by atoms with Gasteiger partial charge in [0.1, 0.15) is 5.75 Å². The summed E-state index contributed by atoms with van der Waals surface area (Å²) in [5.74, 6) is -2.48. The van der Waals surface area contributed by atoms with Gasteiger partial charge in [-0.15, -0.1) is 9.46 Å². The number of ether oxygens (including phenoxy) is 1. The van der Waals surface area contributed by atoms with E-state index in [2.05, 4.69) is 4.28 Å². The Hall–Kier alpha value is -2.05. The van der Waals surface area contributed by atoms with E-state index in [4.69, 9.17) is 15.0 Å². The molecule has 3 rings (SSSR count). The fourth-order valence-corrected chi connectivity index (χ4v) is 3.32. The standard InChI is InChI=1S/C14H17N3O7S/c15-7-9-1-3-10(4-2-9)23-14(19)11-5-6-16-8-12(11)13(18)17(16)24-25(20,21)22/h1-4,11-12H,5-8,15H2,(H,20,21,22)/t11-,12?/m0/s1. The van der Waals surface area contributed by atoms with Gasteiger partial charge in [-0.3, -0.25) is 14.1 Å². The van der Waals surface area contributed by atoms with Crippen molar-refractivity contribution in [3.05, 3.63) is 29.8 Å². The predicted molar refractivity (Wildman–Crippen MR) is 82.6 cm³/mol. The van der Waals surface area contributed by atoms with Crippen molar-refractivity contribution >= 4 is 22.3 Å². The Balaban J connectivity index is 1.69. The summed E-state index contributed by atoms with van der Waals surface area (Å²) in [5, 5.41) is 1.81. The Morgan fingerprint density at radius 3 is 2.60 bits per heavy atom. The fraction of sp³-hybridized carbons (Fsp3) is 0.429. The van der Waals surface area contributed by atoms with Crippen molar-refractivity contribution < 1.29 is 31.6 Å². The lowest BCUT2D eigenvalue weighted by Crippen LogP contribution is -2.42. The van der Waals surface area contributed by atoms with Crippen LogP contribution in [0.2, 0.25) is 0 Å². The van der Waals surface area contributed by atoms with Gasteiger partial charge in [-0.1, -0.05) is 12.1 Å². The summed E-state index contributed by atoms with van der Waals surface area (Å²) in [5.41, 5.74) is 6.39. The number of esters is 1. The Kier molecular flexibility index (Phi) is 4.75. The Morgan fingerprint density at radius 2 is 2.00 bits per heavy atom. The first kappa shape index (κ1) is 17.8. The molecule has 2 fully saturated rings. The second-order valence-corrected chi connectivity index (χ2v) is 6.80. The monoisotopic (exact) mass is 371 g/mol. The summed E-state index contributed by atoms with van der Waals surface area (Å²) in [6.45, 7) is 0.691. The predicted octanol–water partition coefficient (Wildman–Crippen LogP) is -0.520. The molecule has 0 radical (unpaired) electrons. The van der Waals surface area contributed by atoms with Crippen molar-refractivity contribution in [2.75, 3.05) is 13.1 Å². The van der Waals surface area contributed by atoms with E-state index < -0.39 is 34.1 Å². The SMILES string of the molecule is NCc1ccc(OC(=O)[C@H]2CCN3CC2C(=O)N3OS(=O)(=O)O)cc1. The maximum absolute atomic E-state index is 12.4. The Morgan fingerprint density at radius 1 is 1.32 bits per heavy atom. The van der Waals surface area contributed by atoms with Crippen LogP contribution in [0, 0.1) is 11.8 Å². The molecular formula is C14H17N3O7S. The van der Waals surface area contributed by atoms with Gasteiger partial charge in [0, 0.05) is 19.6 Å². The zero-order valence-electron chi connectivity index (χ0n) is 13.1. The first-order valence-electron chi connectivity index (χ1n) is 7.55. The number of rotatable bonds is 5. The van der Waals surface area contributed by atoms with Crippen LogP contribution in [0.1, 0.15) is 12.0 Å². The van der Waals surface area contributed by atoms with Gasteiger partial charge in [0.2, 0.25) is 0 Å². The van der Waals surface area contributed by atoms with Gasteiger partial charge in [0.05, 0.1) is 11.8 Å². The molecule has 1 aromatic carbocycles. The molecule has 0 aliphatic carbocycles. The number of carbonyl (C=O) groups is 2. The van der Waals surface area contributed by atoms with E-state index >= 15 is 0 Å². The number of hydrogen-bond acceptors (Lipinski definition) is 8. The number of fused-ring (bicyclic) bond motifs is 2. The summed E-state index contributed by atoms with van der Waals surface area (Å²) in [7, 11) is -4.84. The quantitative estimate of drug-likeness (QED) is 0.397. The minimum absolute atomic E-state index is 0.111. The zero-order valence-corrected chi connectivity index (χ0v) is 13.9. The molecule has 0 aromatic heterocycles. The number of nitrogens with zero attached hydrogens (tertiary/aromatic N) is 2. The summed E-state index contributed by atoms with van der Waals surface area (Å²) < 4.78 is 40.0. The lowest BCUT2D eigenvalue weighted by Gasteiger charge is -2.27. The summed E-state index contributed by atoms with van der Waals surface area (Å²) in [6.07, 6.45) is 0.293. The third-order valence-electron chi connectivity index (χ3n) is 4.20. The second kappa shape index (κ2) is 6.69. The maximum Gasteiger partial charge on any atom is 0.419 e. The van der Waals surface area contributed by atoms with Crippen molar-refractivity contribution in [2.45, 2.75) is 13.0 Å². The molecule has 2 bridgehead atoms.